The summed E-state index contributed by atoms with van der Waals surface area (Å²) in [6, 6.07) is 5.82. The second-order valence-corrected chi connectivity index (χ2v) is 2.95. The van der Waals surface area contributed by atoms with Gasteiger partial charge in [-0.15, -0.1) is 0 Å². The van der Waals surface area contributed by atoms with Crippen molar-refractivity contribution in [2.45, 2.75) is 25.7 Å². The summed E-state index contributed by atoms with van der Waals surface area (Å²) >= 11 is 0. The molecule has 3 nitrogen and oxygen atoms in total. The third kappa shape index (κ3) is 4.25. The number of nitrogens with zero attached hydrogens (tertiary/aromatic N) is 1. The maximum atomic E-state index is 10.3. The van der Waals surface area contributed by atoms with Crippen molar-refractivity contribution in [3.63, 3.8) is 0 Å². The highest BCUT2D eigenvalue weighted by atomic mass is 16.1. The molecule has 1 radical (unpaired) electrons. The minimum absolute atomic E-state index is 0.368. The lowest BCUT2D eigenvalue weighted by atomic mass is 10.1. The molecule has 0 saturated carbocycles. The fraction of sp³-hybridized carbons (Fsp3) is 0.400. The number of amides is 1. The van der Waals surface area contributed by atoms with Gasteiger partial charge >= 0.3 is 0 Å². The van der Waals surface area contributed by atoms with Crippen LogP contribution in [0, 0.1) is 0 Å². The first-order chi connectivity index (χ1) is 6.29. The predicted octanol–water partition coefficient (Wildman–Crippen LogP) is 1.60. The molecular formula is C10H13N2O. The monoisotopic (exact) mass is 177 g/mol. The molecule has 0 aliphatic heterocycles. The molecule has 13 heavy (non-hydrogen) atoms. The van der Waals surface area contributed by atoms with Crippen LogP contribution < -0.4 is 5.73 Å². The van der Waals surface area contributed by atoms with Crippen LogP contribution in [-0.2, 0) is 11.2 Å². The molecule has 1 rings (SSSR count). The molecule has 1 aromatic rings. The summed E-state index contributed by atoms with van der Waals surface area (Å²) in [5, 5.41) is 0. The van der Waals surface area contributed by atoms with Gasteiger partial charge in [0.25, 0.3) is 0 Å². The molecule has 69 valence electrons. The Kier molecular flexibility index (Phi) is 3.96. The van der Waals surface area contributed by atoms with Gasteiger partial charge in [0.2, 0.25) is 5.91 Å². The van der Waals surface area contributed by atoms with Gasteiger partial charge in [0.15, 0.2) is 0 Å². The van der Waals surface area contributed by atoms with E-state index in [9.17, 15) is 4.79 Å². The van der Waals surface area contributed by atoms with Gasteiger partial charge < -0.3 is 0 Å². The van der Waals surface area contributed by atoms with E-state index in [1.54, 1.807) is 6.20 Å². The Hall–Kier alpha value is -1.38. The molecule has 1 aromatic heterocycles. The first-order valence-corrected chi connectivity index (χ1v) is 4.43. The summed E-state index contributed by atoms with van der Waals surface area (Å²) in [6.07, 6.45) is 4.76. The van der Waals surface area contributed by atoms with Crippen LogP contribution in [0.2, 0.25) is 0 Å². The van der Waals surface area contributed by atoms with Crippen molar-refractivity contribution in [2.75, 3.05) is 0 Å². The number of carbonyl (C=O) groups excluding carboxylic acids is 1. The van der Waals surface area contributed by atoms with Gasteiger partial charge in [0.1, 0.15) is 0 Å². The summed E-state index contributed by atoms with van der Waals surface area (Å²) in [7, 11) is 0. The number of hydrogen-bond acceptors (Lipinski definition) is 2. The maximum absolute atomic E-state index is 10.3. The number of carbonyl (C=O) groups is 1. The maximum Gasteiger partial charge on any atom is 0.238 e. The van der Waals surface area contributed by atoms with E-state index in [-0.39, 0.29) is 0 Å². The molecule has 0 spiro atoms. The summed E-state index contributed by atoms with van der Waals surface area (Å²) in [6.45, 7) is 0. The normalized spacial score (nSPS) is 9.85. The highest BCUT2D eigenvalue weighted by molar-refractivity contribution is 5.72. The molecule has 0 aliphatic rings. The summed E-state index contributed by atoms with van der Waals surface area (Å²) in [4.78, 5) is 14.5. The SMILES string of the molecule is [NH]C(=O)CCCCc1ccccn1. The van der Waals surface area contributed by atoms with E-state index in [0.717, 1.165) is 25.0 Å². The molecule has 3 heteroatoms. The Bertz CT molecular complexity index is 259. The van der Waals surface area contributed by atoms with Gasteiger partial charge in [0, 0.05) is 18.3 Å². The summed E-state index contributed by atoms with van der Waals surface area (Å²) in [5.41, 5.74) is 7.76. The van der Waals surface area contributed by atoms with Gasteiger partial charge in [-0.2, -0.15) is 0 Å². The number of aromatic nitrogens is 1. The summed E-state index contributed by atoms with van der Waals surface area (Å²) in [5.74, 6) is -0.471. The van der Waals surface area contributed by atoms with Gasteiger partial charge in [-0.1, -0.05) is 6.07 Å². The first kappa shape index (κ1) is 9.71. The second kappa shape index (κ2) is 5.30. The molecule has 0 bridgehead atoms. The van der Waals surface area contributed by atoms with Gasteiger partial charge in [0.05, 0.1) is 0 Å². The van der Waals surface area contributed by atoms with E-state index in [2.05, 4.69) is 4.98 Å². The van der Waals surface area contributed by atoms with Crippen LogP contribution in [0.15, 0.2) is 24.4 Å². The molecule has 0 fully saturated rings. The Labute approximate surface area is 78.0 Å². The average Bonchev–Trinajstić information content (AvgIpc) is 2.14. The van der Waals surface area contributed by atoms with Crippen molar-refractivity contribution in [3.8, 4) is 0 Å². The number of pyridine rings is 1. The van der Waals surface area contributed by atoms with Gasteiger partial charge in [-0.3, -0.25) is 15.5 Å². The number of nitrogens with one attached hydrogen (secondary N) is 1. The highest BCUT2D eigenvalue weighted by Crippen LogP contribution is 2.02. The zero-order chi connectivity index (χ0) is 9.52. The molecule has 0 aromatic carbocycles. The van der Waals surface area contributed by atoms with Crippen molar-refractivity contribution >= 4 is 5.91 Å². The average molecular weight is 177 g/mol. The van der Waals surface area contributed by atoms with E-state index < -0.39 is 5.91 Å². The molecular weight excluding hydrogens is 164 g/mol. The second-order valence-electron chi connectivity index (χ2n) is 2.95. The topological polar surface area (TPSA) is 53.8 Å². The van der Waals surface area contributed by atoms with Crippen molar-refractivity contribution in [2.24, 2.45) is 0 Å². The zero-order valence-electron chi connectivity index (χ0n) is 7.49. The van der Waals surface area contributed by atoms with Crippen LogP contribution in [0.1, 0.15) is 25.0 Å². The molecule has 1 N–H and O–H groups in total. The highest BCUT2D eigenvalue weighted by Gasteiger charge is 1.96. The Morgan fingerprint density at radius 3 is 2.85 bits per heavy atom. The number of unbranched alkanes of at least 4 members (excludes halogenated alkanes) is 1. The van der Waals surface area contributed by atoms with Crippen LogP contribution >= 0.6 is 0 Å². The quantitative estimate of drug-likeness (QED) is 0.641. The van der Waals surface area contributed by atoms with Crippen LogP contribution in [-0.4, -0.2) is 10.9 Å². The van der Waals surface area contributed by atoms with Crippen LogP contribution in [0.3, 0.4) is 0 Å². The fourth-order valence-electron chi connectivity index (χ4n) is 1.14. The Balaban J connectivity index is 2.17. The van der Waals surface area contributed by atoms with Crippen molar-refractivity contribution in [3.05, 3.63) is 30.1 Å². The van der Waals surface area contributed by atoms with Crippen LogP contribution in [0.5, 0.6) is 0 Å². The van der Waals surface area contributed by atoms with E-state index in [1.807, 2.05) is 18.2 Å². The molecule has 1 amide bonds. The zero-order valence-corrected chi connectivity index (χ0v) is 7.49. The Morgan fingerprint density at radius 2 is 2.23 bits per heavy atom. The molecule has 1 heterocycles. The standard InChI is InChI=1S/C10H13N2O/c11-10(13)7-2-1-5-9-6-3-4-8-12-9/h3-4,6,8,11H,1-2,5,7H2. The van der Waals surface area contributed by atoms with E-state index in [0.29, 0.717) is 6.42 Å². The van der Waals surface area contributed by atoms with Crippen molar-refractivity contribution in [1.29, 1.82) is 0 Å². The summed E-state index contributed by atoms with van der Waals surface area (Å²) < 4.78 is 0. The van der Waals surface area contributed by atoms with Crippen LogP contribution in [0.4, 0.5) is 0 Å². The molecule has 0 aliphatic carbocycles. The lowest BCUT2D eigenvalue weighted by Crippen LogP contribution is -1.97. The van der Waals surface area contributed by atoms with Gasteiger partial charge in [-0.05, 0) is 31.4 Å². The minimum atomic E-state index is -0.471. The van der Waals surface area contributed by atoms with Crippen molar-refractivity contribution < 1.29 is 4.79 Å². The largest absolute Gasteiger partial charge is 0.273 e. The van der Waals surface area contributed by atoms with Crippen molar-refractivity contribution in [1.82, 2.24) is 10.7 Å². The fourth-order valence-corrected chi connectivity index (χ4v) is 1.14. The van der Waals surface area contributed by atoms with Crippen LogP contribution in [0.25, 0.3) is 0 Å². The molecule has 0 saturated heterocycles. The molecule has 0 atom stereocenters. The number of aryl methyl sites for hydroxylation is 1. The smallest absolute Gasteiger partial charge is 0.238 e. The van der Waals surface area contributed by atoms with E-state index in [1.165, 1.54) is 0 Å². The van der Waals surface area contributed by atoms with E-state index in [4.69, 9.17) is 5.73 Å². The minimum Gasteiger partial charge on any atom is -0.273 e. The Morgan fingerprint density at radius 1 is 1.38 bits per heavy atom. The lowest BCUT2D eigenvalue weighted by Gasteiger charge is -1.98. The van der Waals surface area contributed by atoms with Gasteiger partial charge in [-0.25, -0.2) is 0 Å². The number of rotatable bonds is 5. The predicted molar refractivity (Wildman–Crippen MR) is 49.9 cm³/mol. The molecule has 0 unspecified atom stereocenters. The van der Waals surface area contributed by atoms with E-state index >= 15 is 0 Å². The third-order valence-electron chi connectivity index (χ3n) is 1.81. The first-order valence-electron chi connectivity index (χ1n) is 4.43. The number of hydrogen-bond donors (Lipinski definition) is 0. The lowest BCUT2D eigenvalue weighted by molar-refractivity contribution is -0.118. The third-order valence-corrected chi connectivity index (χ3v) is 1.81.